The Morgan fingerprint density at radius 1 is 1.15 bits per heavy atom. The van der Waals surface area contributed by atoms with E-state index in [9.17, 15) is 4.79 Å². The van der Waals surface area contributed by atoms with Gasteiger partial charge in [0.2, 0.25) is 0 Å². The first kappa shape index (κ1) is 18.2. The number of fused-ring (bicyclic) bond motifs is 1. The zero-order valence-corrected chi connectivity index (χ0v) is 15.5. The molecule has 0 radical (unpaired) electrons. The highest BCUT2D eigenvalue weighted by atomic mass is 16.5. The molecule has 0 saturated carbocycles. The molecule has 0 amide bonds. The minimum absolute atomic E-state index is 0.179. The van der Waals surface area contributed by atoms with Gasteiger partial charge in [-0.05, 0) is 65.8 Å². The molecule has 26 heavy (non-hydrogen) atoms. The van der Waals surface area contributed by atoms with Crippen molar-refractivity contribution in [2.24, 2.45) is 0 Å². The van der Waals surface area contributed by atoms with E-state index in [1.54, 1.807) is 31.4 Å². The van der Waals surface area contributed by atoms with Crippen molar-refractivity contribution in [3.05, 3.63) is 70.3 Å². The average Bonchev–Trinajstić information content (AvgIpc) is 2.63. The smallest absolute Gasteiger partial charge is 0.335 e. The van der Waals surface area contributed by atoms with Crippen molar-refractivity contribution >= 4 is 5.97 Å². The third-order valence-electron chi connectivity index (χ3n) is 5.19. The van der Waals surface area contributed by atoms with Gasteiger partial charge in [-0.15, -0.1) is 0 Å². The van der Waals surface area contributed by atoms with Crippen molar-refractivity contribution in [3.8, 4) is 11.8 Å². The van der Waals surface area contributed by atoms with Crippen LogP contribution in [0.25, 0.3) is 0 Å². The fourth-order valence-electron chi connectivity index (χ4n) is 3.63. The summed E-state index contributed by atoms with van der Waals surface area (Å²) in [6.07, 6.45) is 2.29. The summed E-state index contributed by atoms with van der Waals surface area (Å²) >= 11 is 0. The maximum absolute atomic E-state index is 10.9. The Morgan fingerprint density at radius 3 is 2.46 bits per heavy atom. The van der Waals surface area contributed by atoms with Crippen molar-refractivity contribution in [2.75, 3.05) is 13.7 Å². The Labute approximate surface area is 155 Å². The number of benzene rings is 2. The van der Waals surface area contributed by atoms with E-state index in [1.165, 1.54) is 11.1 Å². The van der Waals surface area contributed by atoms with Crippen LogP contribution in [-0.2, 0) is 10.2 Å². The Morgan fingerprint density at radius 2 is 1.81 bits per heavy atom. The van der Waals surface area contributed by atoms with Crippen LogP contribution in [0.4, 0.5) is 0 Å². The number of rotatable bonds is 3. The summed E-state index contributed by atoms with van der Waals surface area (Å²) in [7, 11) is 1.75. The summed E-state index contributed by atoms with van der Waals surface area (Å²) in [6, 6.07) is 13.1. The number of ether oxygens (including phenoxy) is 1. The number of carboxylic acid groups (broad SMARTS) is 1. The molecule has 1 atom stereocenters. The normalized spacial score (nSPS) is 17.7. The van der Waals surface area contributed by atoms with Crippen molar-refractivity contribution in [1.82, 2.24) is 0 Å². The lowest BCUT2D eigenvalue weighted by atomic mass is 9.68. The number of carboxylic acids is 1. The second-order valence-electron chi connectivity index (χ2n) is 7.51. The molecule has 1 aliphatic rings. The highest BCUT2D eigenvalue weighted by molar-refractivity contribution is 5.87. The third kappa shape index (κ3) is 3.81. The molecule has 3 heteroatoms. The minimum Gasteiger partial charge on any atom is -0.478 e. The van der Waals surface area contributed by atoms with E-state index in [4.69, 9.17) is 9.84 Å². The van der Waals surface area contributed by atoms with Gasteiger partial charge >= 0.3 is 5.97 Å². The van der Waals surface area contributed by atoms with Crippen LogP contribution in [0, 0.1) is 11.8 Å². The van der Waals surface area contributed by atoms with Gasteiger partial charge in [-0.2, -0.15) is 0 Å². The lowest BCUT2D eigenvalue weighted by molar-refractivity contribution is 0.0697. The molecule has 2 aromatic rings. The van der Waals surface area contributed by atoms with E-state index in [0.29, 0.717) is 5.92 Å². The molecule has 0 spiro atoms. The number of methoxy groups -OCH3 is 1. The molecule has 0 fully saturated rings. The van der Waals surface area contributed by atoms with Gasteiger partial charge in [-0.25, -0.2) is 4.79 Å². The van der Waals surface area contributed by atoms with Gasteiger partial charge in [0, 0.05) is 24.2 Å². The molecule has 1 N–H and O–H groups in total. The quantitative estimate of drug-likeness (QED) is 0.826. The monoisotopic (exact) mass is 348 g/mol. The molecule has 134 valence electrons. The highest BCUT2D eigenvalue weighted by Crippen LogP contribution is 2.42. The molecule has 3 nitrogen and oxygen atoms in total. The van der Waals surface area contributed by atoms with Crippen LogP contribution in [0.2, 0.25) is 0 Å². The molecule has 0 aliphatic heterocycles. The molecular weight excluding hydrogens is 324 g/mol. The van der Waals surface area contributed by atoms with Gasteiger partial charge in [-0.1, -0.05) is 31.8 Å². The molecule has 0 saturated heterocycles. The number of aromatic carboxylic acids is 1. The van der Waals surface area contributed by atoms with E-state index in [0.717, 1.165) is 30.6 Å². The first-order valence-corrected chi connectivity index (χ1v) is 8.89. The largest absolute Gasteiger partial charge is 0.478 e. The van der Waals surface area contributed by atoms with E-state index < -0.39 is 5.97 Å². The Balaban J connectivity index is 1.91. The van der Waals surface area contributed by atoms with Gasteiger partial charge in [0.15, 0.2) is 0 Å². The minimum atomic E-state index is -0.925. The van der Waals surface area contributed by atoms with Crippen molar-refractivity contribution in [3.63, 3.8) is 0 Å². The fourth-order valence-corrected chi connectivity index (χ4v) is 3.63. The van der Waals surface area contributed by atoms with Crippen molar-refractivity contribution < 1.29 is 14.6 Å². The average molecular weight is 348 g/mol. The predicted octanol–water partition coefficient (Wildman–Crippen LogP) is 4.59. The lowest BCUT2D eigenvalue weighted by Gasteiger charge is -2.37. The molecule has 3 rings (SSSR count). The Bertz CT molecular complexity index is 867. The summed E-state index contributed by atoms with van der Waals surface area (Å²) in [4.78, 5) is 10.9. The Hall–Kier alpha value is -2.57. The summed E-state index contributed by atoms with van der Waals surface area (Å²) in [5.41, 5.74) is 4.97. The van der Waals surface area contributed by atoms with Crippen LogP contribution in [0.15, 0.2) is 42.5 Å². The van der Waals surface area contributed by atoms with Crippen LogP contribution in [-0.4, -0.2) is 24.8 Å². The summed E-state index contributed by atoms with van der Waals surface area (Å²) in [5, 5.41) is 8.96. The van der Waals surface area contributed by atoms with Gasteiger partial charge in [0.25, 0.3) is 0 Å². The van der Waals surface area contributed by atoms with Gasteiger partial charge in [0.1, 0.15) is 0 Å². The van der Waals surface area contributed by atoms with Gasteiger partial charge < -0.3 is 9.84 Å². The first-order valence-electron chi connectivity index (χ1n) is 8.89. The molecule has 1 aliphatic carbocycles. The fraction of sp³-hybridized carbons (Fsp3) is 0.348. The van der Waals surface area contributed by atoms with E-state index in [1.807, 2.05) is 0 Å². The molecule has 2 aromatic carbocycles. The number of carbonyl (C=O) groups is 1. The Kier molecular flexibility index (Phi) is 5.15. The van der Waals surface area contributed by atoms with Gasteiger partial charge in [0.05, 0.1) is 12.2 Å². The SMILES string of the molecule is COCC1CCC(C)(C)c2ccc(C#Cc3ccc(C(=O)O)cc3)cc21. The van der Waals surface area contributed by atoms with Crippen LogP contribution in [0.3, 0.4) is 0 Å². The second kappa shape index (κ2) is 7.35. The zero-order chi connectivity index (χ0) is 18.7. The molecule has 0 bridgehead atoms. The summed E-state index contributed by atoms with van der Waals surface area (Å²) < 4.78 is 5.42. The van der Waals surface area contributed by atoms with Crippen LogP contribution >= 0.6 is 0 Å². The molecule has 0 heterocycles. The highest BCUT2D eigenvalue weighted by Gasteiger charge is 2.32. The zero-order valence-electron chi connectivity index (χ0n) is 15.5. The van der Waals surface area contributed by atoms with E-state index in [2.05, 4.69) is 43.9 Å². The van der Waals surface area contributed by atoms with E-state index in [-0.39, 0.29) is 11.0 Å². The topological polar surface area (TPSA) is 46.5 Å². The second-order valence-corrected chi connectivity index (χ2v) is 7.51. The molecule has 1 unspecified atom stereocenters. The van der Waals surface area contributed by atoms with E-state index >= 15 is 0 Å². The molecule has 0 aromatic heterocycles. The van der Waals surface area contributed by atoms with Crippen molar-refractivity contribution in [1.29, 1.82) is 0 Å². The third-order valence-corrected chi connectivity index (χ3v) is 5.19. The standard InChI is InChI=1S/C23H24O3/c1-23(2)13-12-19(15-26-3)20-14-17(8-11-21(20)23)5-4-16-6-9-18(10-7-16)22(24)25/h6-11,14,19H,12-13,15H2,1-3H3,(H,24,25). The maximum atomic E-state index is 10.9. The summed E-state index contributed by atoms with van der Waals surface area (Å²) in [6.45, 7) is 5.32. The lowest BCUT2D eigenvalue weighted by Crippen LogP contribution is -2.28. The first-order chi connectivity index (χ1) is 12.4. The van der Waals surface area contributed by atoms with Crippen LogP contribution in [0.1, 0.15) is 65.2 Å². The van der Waals surface area contributed by atoms with Crippen LogP contribution in [0.5, 0.6) is 0 Å². The maximum Gasteiger partial charge on any atom is 0.335 e. The molecular formula is C23H24O3. The van der Waals surface area contributed by atoms with Crippen molar-refractivity contribution in [2.45, 2.75) is 38.0 Å². The van der Waals surface area contributed by atoms with Crippen LogP contribution < -0.4 is 0 Å². The number of hydrogen-bond acceptors (Lipinski definition) is 2. The van der Waals surface area contributed by atoms with Gasteiger partial charge in [-0.3, -0.25) is 0 Å². The summed E-state index contributed by atoms with van der Waals surface area (Å²) in [5.74, 6) is 5.83. The number of hydrogen-bond donors (Lipinski definition) is 1. The predicted molar refractivity (Wildman–Crippen MR) is 103 cm³/mol.